The molecule has 3 aromatic carbocycles. The molecule has 0 amide bonds. The first-order valence-corrected chi connectivity index (χ1v) is 16.2. The molecule has 0 saturated heterocycles. The quantitative estimate of drug-likeness (QED) is 0.0619. The Balaban J connectivity index is 1.33. The SMILES string of the molecule is C=C(C)C(=O)OCCOc1ccc(OC(=O)c2ccc3c(c2)C(C)(C)c2cc(OCCCCCCOC(=O)C(=C)F)ccc2-3)cc1CC. The number of aryl methyl sites for hydroxylation is 1. The normalized spacial score (nSPS) is 12.4. The van der Waals surface area contributed by atoms with Crippen LogP contribution < -0.4 is 14.2 Å². The molecular weight excluding hydrogens is 615 g/mol. The summed E-state index contributed by atoms with van der Waals surface area (Å²) in [5, 5.41) is 0. The van der Waals surface area contributed by atoms with Gasteiger partial charge in [0.2, 0.25) is 5.83 Å². The van der Waals surface area contributed by atoms with Crippen molar-refractivity contribution in [3.63, 3.8) is 0 Å². The van der Waals surface area contributed by atoms with Crippen molar-refractivity contribution in [1.82, 2.24) is 0 Å². The van der Waals surface area contributed by atoms with E-state index in [9.17, 15) is 18.8 Å². The molecule has 4 rings (SSSR count). The number of benzene rings is 3. The fourth-order valence-electron chi connectivity index (χ4n) is 5.54. The van der Waals surface area contributed by atoms with Crippen molar-refractivity contribution in [2.24, 2.45) is 0 Å². The maximum Gasteiger partial charge on any atom is 0.366 e. The number of halogens is 1. The average molecular weight is 659 g/mol. The highest BCUT2D eigenvalue weighted by atomic mass is 19.1. The maximum atomic E-state index is 13.3. The highest BCUT2D eigenvalue weighted by molar-refractivity contribution is 5.94. The van der Waals surface area contributed by atoms with Gasteiger partial charge in [0.05, 0.1) is 18.8 Å². The summed E-state index contributed by atoms with van der Waals surface area (Å²) in [5.74, 6) is -1.19. The molecule has 1 aliphatic rings. The molecule has 0 aliphatic heterocycles. The summed E-state index contributed by atoms with van der Waals surface area (Å²) in [5.41, 5.74) is 5.60. The summed E-state index contributed by atoms with van der Waals surface area (Å²) in [6.45, 7) is 15.3. The van der Waals surface area contributed by atoms with Crippen molar-refractivity contribution in [3.8, 4) is 28.4 Å². The number of carbonyl (C=O) groups is 3. The van der Waals surface area contributed by atoms with E-state index >= 15 is 0 Å². The van der Waals surface area contributed by atoms with E-state index in [0.29, 0.717) is 42.1 Å². The van der Waals surface area contributed by atoms with Gasteiger partial charge in [-0.05, 0) is 109 Å². The van der Waals surface area contributed by atoms with Gasteiger partial charge in [-0.3, -0.25) is 0 Å². The summed E-state index contributed by atoms with van der Waals surface area (Å²) in [7, 11) is 0. The Morgan fingerprint density at radius 1 is 0.729 bits per heavy atom. The molecule has 9 heteroatoms. The number of carbonyl (C=O) groups excluding carboxylic acids is 3. The largest absolute Gasteiger partial charge is 0.494 e. The summed E-state index contributed by atoms with van der Waals surface area (Å²) in [6.07, 6.45) is 3.86. The Labute approximate surface area is 281 Å². The van der Waals surface area contributed by atoms with E-state index in [-0.39, 0.29) is 25.2 Å². The third kappa shape index (κ3) is 8.91. The molecule has 3 aromatic rings. The van der Waals surface area contributed by atoms with Gasteiger partial charge in [0.1, 0.15) is 30.5 Å². The van der Waals surface area contributed by atoms with Crippen LogP contribution in [-0.2, 0) is 30.9 Å². The van der Waals surface area contributed by atoms with Crippen LogP contribution in [0.4, 0.5) is 4.39 Å². The Hall–Kier alpha value is -4.92. The van der Waals surface area contributed by atoms with Gasteiger partial charge in [-0.1, -0.05) is 46.1 Å². The van der Waals surface area contributed by atoms with E-state index in [0.717, 1.165) is 52.8 Å². The monoisotopic (exact) mass is 658 g/mol. The van der Waals surface area contributed by atoms with Crippen LogP contribution in [0.5, 0.6) is 17.2 Å². The molecule has 0 spiro atoms. The molecule has 0 bridgehead atoms. The second-order valence-corrected chi connectivity index (χ2v) is 12.2. The number of ether oxygens (including phenoxy) is 5. The molecular formula is C39H43FO8. The molecule has 254 valence electrons. The molecule has 8 nitrogen and oxygen atoms in total. The topological polar surface area (TPSA) is 97.4 Å². The van der Waals surface area contributed by atoms with E-state index < -0.39 is 23.7 Å². The Morgan fingerprint density at radius 3 is 2.06 bits per heavy atom. The van der Waals surface area contributed by atoms with Crippen LogP contribution in [0.1, 0.15) is 80.4 Å². The lowest BCUT2D eigenvalue weighted by Crippen LogP contribution is -2.17. The zero-order valence-electron chi connectivity index (χ0n) is 28.1. The standard InChI is InChI=1S/C39H43FO8/c1-7-27-22-30(14-17-35(27)45-20-21-47-36(41)25(2)3)48-38(43)28-12-15-31-32-16-13-29(24-34(32)39(5,6)33(31)23-28)44-18-10-8-9-11-19-46-37(42)26(4)40/h12-17,22-24H,2,4,7-11,18-21H2,1,3,5-6H3. The van der Waals surface area contributed by atoms with Crippen molar-refractivity contribution in [1.29, 1.82) is 0 Å². The van der Waals surface area contributed by atoms with E-state index in [1.54, 1.807) is 31.2 Å². The fraction of sp³-hybridized carbons (Fsp3) is 0.359. The second kappa shape index (κ2) is 16.3. The molecule has 0 atom stereocenters. The average Bonchev–Trinajstić information content (AvgIpc) is 3.29. The lowest BCUT2D eigenvalue weighted by Gasteiger charge is -2.22. The van der Waals surface area contributed by atoms with Crippen LogP contribution >= 0.6 is 0 Å². The van der Waals surface area contributed by atoms with Gasteiger partial charge in [0.15, 0.2) is 0 Å². The van der Waals surface area contributed by atoms with E-state index in [4.69, 9.17) is 23.7 Å². The molecule has 0 aromatic heterocycles. The fourth-order valence-corrected chi connectivity index (χ4v) is 5.54. The van der Waals surface area contributed by atoms with E-state index in [1.165, 1.54) is 0 Å². The maximum absolute atomic E-state index is 13.3. The minimum absolute atomic E-state index is 0.100. The van der Waals surface area contributed by atoms with Crippen molar-refractivity contribution >= 4 is 17.9 Å². The van der Waals surface area contributed by atoms with Crippen LogP contribution in [0.3, 0.4) is 0 Å². The highest BCUT2D eigenvalue weighted by Crippen LogP contribution is 2.50. The van der Waals surface area contributed by atoms with Gasteiger partial charge in [-0.25, -0.2) is 14.4 Å². The number of fused-ring (bicyclic) bond motifs is 3. The molecule has 0 N–H and O–H groups in total. The molecule has 0 radical (unpaired) electrons. The first-order valence-electron chi connectivity index (χ1n) is 16.2. The molecule has 48 heavy (non-hydrogen) atoms. The number of esters is 3. The van der Waals surface area contributed by atoms with E-state index in [2.05, 4.69) is 39.1 Å². The van der Waals surface area contributed by atoms with Gasteiger partial charge in [0.25, 0.3) is 0 Å². The summed E-state index contributed by atoms with van der Waals surface area (Å²) < 4.78 is 40.1. The number of hydrogen-bond acceptors (Lipinski definition) is 8. The van der Waals surface area contributed by atoms with Crippen LogP contribution in [0.15, 0.2) is 79.2 Å². The second-order valence-electron chi connectivity index (χ2n) is 12.2. The van der Waals surface area contributed by atoms with Crippen molar-refractivity contribution in [2.45, 2.75) is 65.2 Å². The molecule has 0 saturated carbocycles. The third-order valence-electron chi connectivity index (χ3n) is 8.19. The van der Waals surface area contributed by atoms with Crippen molar-refractivity contribution < 1.29 is 42.5 Å². The van der Waals surface area contributed by atoms with Crippen LogP contribution in [0.2, 0.25) is 0 Å². The van der Waals surface area contributed by atoms with Crippen LogP contribution in [0.25, 0.3) is 11.1 Å². The van der Waals surface area contributed by atoms with Gasteiger partial charge in [-0.2, -0.15) is 4.39 Å². The predicted molar refractivity (Wildman–Crippen MR) is 181 cm³/mol. The molecule has 1 aliphatic carbocycles. The summed E-state index contributed by atoms with van der Waals surface area (Å²) >= 11 is 0. The number of rotatable bonds is 17. The Bertz CT molecular complexity index is 1690. The third-order valence-corrected chi connectivity index (χ3v) is 8.19. The minimum Gasteiger partial charge on any atom is -0.494 e. The first kappa shape index (κ1) is 35.9. The zero-order chi connectivity index (χ0) is 34.8. The number of hydrogen-bond donors (Lipinski definition) is 0. The predicted octanol–water partition coefficient (Wildman–Crippen LogP) is 8.24. The van der Waals surface area contributed by atoms with E-state index in [1.807, 2.05) is 25.1 Å². The smallest absolute Gasteiger partial charge is 0.366 e. The Morgan fingerprint density at radius 2 is 1.38 bits per heavy atom. The summed E-state index contributed by atoms with van der Waals surface area (Å²) in [6, 6.07) is 17.0. The van der Waals surface area contributed by atoms with Gasteiger partial charge < -0.3 is 23.7 Å². The Kier molecular flexibility index (Phi) is 12.2. The first-order chi connectivity index (χ1) is 22.9. The van der Waals surface area contributed by atoms with Crippen molar-refractivity contribution in [3.05, 3.63) is 101 Å². The van der Waals surface area contributed by atoms with Gasteiger partial charge in [0, 0.05) is 11.0 Å². The zero-order valence-corrected chi connectivity index (χ0v) is 28.1. The molecule has 0 unspecified atom stereocenters. The van der Waals surface area contributed by atoms with Crippen LogP contribution in [0, 0.1) is 0 Å². The lowest BCUT2D eigenvalue weighted by molar-refractivity contribution is -0.141. The number of unbranched alkanes of at least 4 members (excludes halogenated alkanes) is 3. The molecule has 0 fully saturated rings. The summed E-state index contributed by atoms with van der Waals surface area (Å²) in [4.78, 5) is 35.9. The van der Waals surface area contributed by atoms with Gasteiger partial charge >= 0.3 is 17.9 Å². The lowest BCUT2D eigenvalue weighted by atomic mass is 9.82. The highest BCUT2D eigenvalue weighted by Gasteiger charge is 2.36. The van der Waals surface area contributed by atoms with Gasteiger partial charge in [-0.15, -0.1) is 0 Å². The molecule has 0 heterocycles. The van der Waals surface area contributed by atoms with Crippen LogP contribution in [-0.4, -0.2) is 44.3 Å². The van der Waals surface area contributed by atoms with Crippen molar-refractivity contribution in [2.75, 3.05) is 26.4 Å². The minimum atomic E-state index is -1.08.